The van der Waals surface area contributed by atoms with Crippen molar-refractivity contribution in [3.05, 3.63) is 23.3 Å². The van der Waals surface area contributed by atoms with Crippen molar-refractivity contribution in [3.8, 4) is 5.75 Å². The Balaban J connectivity index is 2.63. The number of hydrogen-bond acceptors (Lipinski definition) is 3. The zero-order chi connectivity index (χ0) is 8.72. The predicted molar refractivity (Wildman–Crippen MR) is 45.4 cm³/mol. The molecule has 1 heterocycles. The summed E-state index contributed by atoms with van der Waals surface area (Å²) in [5, 5.41) is 0. The summed E-state index contributed by atoms with van der Waals surface area (Å²) in [5.41, 5.74) is 7.85. The van der Waals surface area contributed by atoms with Crippen LogP contribution in [0.1, 0.15) is 15.9 Å². The number of rotatable bonds is 0. The largest absolute Gasteiger partial charge is 0.485 e. The first kappa shape index (κ1) is 7.16. The Morgan fingerprint density at radius 1 is 1.50 bits per heavy atom. The van der Waals surface area contributed by atoms with E-state index < -0.39 is 0 Å². The van der Waals surface area contributed by atoms with Gasteiger partial charge in [-0.3, -0.25) is 4.79 Å². The van der Waals surface area contributed by atoms with Crippen LogP contribution in [0.5, 0.6) is 5.75 Å². The van der Waals surface area contributed by atoms with Gasteiger partial charge in [0.1, 0.15) is 5.75 Å². The minimum Gasteiger partial charge on any atom is -0.485 e. The molecule has 2 rings (SSSR count). The van der Waals surface area contributed by atoms with Crippen molar-refractivity contribution in [1.29, 1.82) is 0 Å². The lowest BCUT2D eigenvalue weighted by Crippen LogP contribution is -1.99. The molecule has 1 aromatic carbocycles. The van der Waals surface area contributed by atoms with Gasteiger partial charge in [-0.15, -0.1) is 0 Å². The maximum atomic E-state index is 11.1. The summed E-state index contributed by atoms with van der Waals surface area (Å²) in [6, 6.07) is 3.48. The Morgan fingerprint density at radius 2 is 2.25 bits per heavy atom. The number of carbonyl (C=O) groups is 1. The molecule has 12 heavy (non-hydrogen) atoms. The Bertz CT molecular complexity index is 358. The molecule has 3 heteroatoms. The number of ketones is 1. The van der Waals surface area contributed by atoms with Gasteiger partial charge in [-0.2, -0.15) is 0 Å². The molecular formula is C9H9NO2. The lowest BCUT2D eigenvalue weighted by molar-refractivity contribution is 0.0961. The second-order valence-corrected chi connectivity index (χ2v) is 2.92. The van der Waals surface area contributed by atoms with Crippen molar-refractivity contribution in [1.82, 2.24) is 0 Å². The van der Waals surface area contributed by atoms with Gasteiger partial charge in [0, 0.05) is 5.69 Å². The van der Waals surface area contributed by atoms with Crippen LogP contribution in [0.3, 0.4) is 0 Å². The number of anilines is 1. The van der Waals surface area contributed by atoms with Gasteiger partial charge in [-0.25, -0.2) is 0 Å². The molecule has 0 aliphatic carbocycles. The summed E-state index contributed by atoms with van der Waals surface area (Å²) < 4.78 is 5.14. The molecule has 1 aliphatic rings. The molecule has 0 saturated carbocycles. The Morgan fingerprint density at radius 3 is 3.00 bits per heavy atom. The number of nitrogens with two attached hydrogens (primary N) is 1. The molecule has 0 fully saturated rings. The van der Waals surface area contributed by atoms with Crippen LogP contribution in [-0.2, 0) is 0 Å². The molecule has 0 saturated heterocycles. The number of fused-ring (bicyclic) bond motifs is 1. The van der Waals surface area contributed by atoms with E-state index in [4.69, 9.17) is 10.5 Å². The third kappa shape index (κ3) is 0.863. The second-order valence-electron chi connectivity index (χ2n) is 2.92. The highest BCUT2D eigenvalue weighted by Crippen LogP contribution is 2.29. The number of benzene rings is 1. The van der Waals surface area contributed by atoms with Crippen LogP contribution in [0.15, 0.2) is 12.1 Å². The molecule has 2 N–H and O–H groups in total. The van der Waals surface area contributed by atoms with E-state index in [-0.39, 0.29) is 12.4 Å². The molecule has 0 radical (unpaired) electrons. The summed E-state index contributed by atoms with van der Waals surface area (Å²) in [4.78, 5) is 11.1. The van der Waals surface area contributed by atoms with Crippen LogP contribution in [-0.4, -0.2) is 12.4 Å². The summed E-state index contributed by atoms with van der Waals surface area (Å²) in [5.74, 6) is 0.670. The van der Waals surface area contributed by atoms with E-state index in [9.17, 15) is 4.79 Å². The molecule has 0 unspecified atom stereocenters. The average Bonchev–Trinajstić information content (AvgIpc) is 2.35. The van der Waals surface area contributed by atoms with E-state index in [0.717, 1.165) is 5.56 Å². The second kappa shape index (κ2) is 2.24. The third-order valence-corrected chi connectivity index (χ3v) is 2.03. The molecule has 1 aliphatic heterocycles. The standard InChI is InChI=1S/C9H9NO2/c1-5-2-9-6(3-7(5)10)8(11)4-12-9/h2-3H,4,10H2,1H3. The van der Waals surface area contributed by atoms with Crippen LogP contribution in [0, 0.1) is 6.92 Å². The Hall–Kier alpha value is -1.51. The lowest BCUT2D eigenvalue weighted by Gasteiger charge is -2.01. The number of hydrogen-bond donors (Lipinski definition) is 1. The quantitative estimate of drug-likeness (QED) is 0.584. The van der Waals surface area contributed by atoms with Gasteiger partial charge in [-0.05, 0) is 24.6 Å². The highest BCUT2D eigenvalue weighted by molar-refractivity contribution is 6.03. The Kier molecular flexibility index (Phi) is 1.33. The van der Waals surface area contributed by atoms with Crippen molar-refractivity contribution < 1.29 is 9.53 Å². The van der Waals surface area contributed by atoms with E-state index in [1.54, 1.807) is 12.1 Å². The average molecular weight is 163 g/mol. The minimum atomic E-state index is 0.0108. The van der Waals surface area contributed by atoms with Crippen molar-refractivity contribution in [2.45, 2.75) is 6.92 Å². The van der Waals surface area contributed by atoms with E-state index in [1.165, 1.54) is 0 Å². The van der Waals surface area contributed by atoms with Crippen molar-refractivity contribution in [2.24, 2.45) is 0 Å². The van der Waals surface area contributed by atoms with Crippen LogP contribution in [0.25, 0.3) is 0 Å². The molecular weight excluding hydrogens is 154 g/mol. The topological polar surface area (TPSA) is 52.3 Å². The fourth-order valence-electron chi connectivity index (χ4n) is 1.26. The van der Waals surface area contributed by atoms with Gasteiger partial charge in [0.25, 0.3) is 0 Å². The maximum Gasteiger partial charge on any atom is 0.203 e. The monoisotopic (exact) mass is 163 g/mol. The molecule has 1 aromatic rings. The fourth-order valence-corrected chi connectivity index (χ4v) is 1.26. The molecule has 62 valence electrons. The van der Waals surface area contributed by atoms with Crippen molar-refractivity contribution >= 4 is 11.5 Å². The SMILES string of the molecule is Cc1cc2c(cc1N)C(=O)CO2. The molecule has 0 aromatic heterocycles. The van der Waals surface area contributed by atoms with Gasteiger partial charge in [0.15, 0.2) is 6.61 Å². The molecule has 0 amide bonds. The van der Waals surface area contributed by atoms with Gasteiger partial charge >= 0.3 is 0 Å². The van der Waals surface area contributed by atoms with Gasteiger partial charge in [0.05, 0.1) is 5.56 Å². The number of aryl methyl sites for hydroxylation is 1. The van der Waals surface area contributed by atoms with Gasteiger partial charge in [-0.1, -0.05) is 0 Å². The predicted octanol–water partition coefficient (Wildman–Crippen LogP) is 1.15. The van der Waals surface area contributed by atoms with Gasteiger partial charge in [0.2, 0.25) is 5.78 Å². The van der Waals surface area contributed by atoms with Gasteiger partial charge < -0.3 is 10.5 Å². The van der Waals surface area contributed by atoms with Crippen LogP contribution >= 0.6 is 0 Å². The van der Waals surface area contributed by atoms with Crippen LogP contribution < -0.4 is 10.5 Å². The molecule has 3 nitrogen and oxygen atoms in total. The number of nitrogen functional groups attached to an aromatic ring is 1. The first-order chi connectivity index (χ1) is 5.68. The van der Waals surface area contributed by atoms with E-state index >= 15 is 0 Å². The first-order valence-corrected chi connectivity index (χ1v) is 3.74. The zero-order valence-electron chi connectivity index (χ0n) is 6.76. The summed E-state index contributed by atoms with van der Waals surface area (Å²) in [6.45, 7) is 2.04. The fraction of sp³-hybridized carbons (Fsp3) is 0.222. The number of carbonyl (C=O) groups excluding carboxylic acids is 1. The van der Waals surface area contributed by atoms with E-state index in [1.807, 2.05) is 6.92 Å². The summed E-state index contributed by atoms with van der Waals surface area (Å²) in [7, 11) is 0. The highest BCUT2D eigenvalue weighted by atomic mass is 16.5. The maximum absolute atomic E-state index is 11.1. The van der Waals surface area contributed by atoms with E-state index in [2.05, 4.69) is 0 Å². The number of ether oxygens (including phenoxy) is 1. The van der Waals surface area contributed by atoms with Crippen molar-refractivity contribution in [2.75, 3.05) is 12.3 Å². The van der Waals surface area contributed by atoms with Crippen molar-refractivity contribution in [3.63, 3.8) is 0 Å². The summed E-state index contributed by atoms with van der Waals surface area (Å²) in [6.07, 6.45) is 0. The van der Waals surface area contributed by atoms with Crippen LogP contribution in [0.2, 0.25) is 0 Å². The first-order valence-electron chi connectivity index (χ1n) is 3.74. The third-order valence-electron chi connectivity index (χ3n) is 2.03. The van der Waals surface area contributed by atoms with E-state index in [0.29, 0.717) is 17.0 Å². The minimum absolute atomic E-state index is 0.0108. The molecule has 0 atom stereocenters. The molecule has 0 bridgehead atoms. The normalized spacial score (nSPS) is 14.2. The smallest absolute Gasteiger partial charge is 0.203 e. The lowest BCUT2D eigenvalue weighted by atomic mass is 10.1. The zero-order valence-corrected chi connectivity index (χ0v) is 6.76. The number of Topliss-reactive ketones (excluding diaryl/α,β-unsaturated/α-hetero) is 1. The molecule has 0 spiro atoms. The van der Waals surface area contributed by atoms with Crippen LogP contribution in [0.4, 0.5) is 5.69 Å². The Labute approximate surface area is 70.1 Å². The summed E-state index contributed by atoms with van der Waals surface area (Å²) >= 11 is 0. The highest BCUT2D eigenvalue weighted by Gasteiger charge is 2.21.